The van der Waals surface area contributed by atoms with E-state index in [-0.39, 0.29) is 0 Å². The van der Waals surface area contributed by atoms with Crippen molar-refractivity contribution in [1.29, 1.82) is 0 Å². The first-order chi connectivity index (χ1) is 4.74. The van der Waals surface area contributed by atoms with E-state index < -0.39 is 0 Å². The molecule has 0 saturated heterocycles. The van der Waals surface area contributed by atoms with Crippen LogP contribution in [0.25, 0.3) is 0 Å². The van der Waals surface area contributed by atoms with Gasteiger partial charge in [-0.1, -0.05) is 5.46 Å². The van der Waals surface area contributed by atoms with E-state index in [0.717, 1.165) is 9.94 Å². The van der Waals surface area contributed by atoms with Crippen LogP contribution in [0.1, 0.15) is 0 Å². The van der Waals surface area contributed by atoms with Crippen molar-refractivity contribution >= 4 is 29.2 Å². The van der Waals surface area contributed by atoms with Crippen LogP contribution in [-0.4, -0.2) is 19.9 Å². The molecular weight excluding hydrogens is 193 g/mol. The molecule has 1 aromatic rings. The van der Waals surface area contributed by atoms with Crippen molar-refractivity contribution in [2.45, 2.75) is 0 Å². The van der Waals surface area contributed by atoms with Gasteiger partial charge in [0, 0.05) is 6.20 Å². The number of aromatic nitrogens is 1. The van der Waals surface area contributed by atoms with Gasteiger partial charge >= 0.3 is 0 Å². The van der Waals surface area contributed by atoms with Crippen LogP contribution < -0.4 is 10.2 Å². The van der Waals surface area contributed by atoms with Crippen LogP contribution in [0.5, 0.6) is 5.88 Å². The SMILES string of the molecule is Bc1cnc(OC)c(Br)c1. The molecule has 0 radical (unpaired) electrons. The number of hydrogen-bond donors (Lipinski definition) is 0. The monoisotopic (exact) mass is 199 g/mol. The van der Waals surface area contributed by atoms with E-state index in [1.165, 1.54) is 0 Å². The lowest BCUT2D eigenvalue weighted by Gasteiger charge is -2.00. The Balaban J connectivity index is 3.07. The average Bonchev–Trinajstić information content (AvgIpc) is 1.88. The number of nitrogens with zero attached hydrogens (tertiary/aromatic N) is 1. The van der Waals surface area contributed by atoms with Gasteiger partial charge in [0.2, 0.25) is 5.88 Å². The molecule has 0 aromatic carbocycles. The highest BCUT2D eigenvalue weighted by atomic mass is 79.9. The van der Waals surface area contributed by atoms with E-state index >= 15 is 0 Å². The summed E-state index contributed by atoms with van der Waals surface area (Å²) < 4.78 is 5.84. The normalized spacial score (nSPS) is 9.40. The maximum atomic E-state index is 4.94. The molecule has 0 amide bonds. The third kappa shape index (κ3) is 1.50. The second-order valence-electron chi connectivity index (χ2n) is 2.00. The van der Waals surface area contributed by atoms with Crippen LogP contribution in [0.4, 0.5) is 0 Å². The molecule has 52 valence electrons. The molecule has 0 saturated carbocycles. The predicted octanol–water partition coefficient (Wildman–Crippen LogP) is 0.111. The summed E-state index contributed by atoms with van der Waals surface area (Å²) in [5.41, 5.74) is 1.12. The molecule has 0 spiro atoms. The van der Waals surface area contributed by atoms with Crippen molar-refractivity contribution in [1.82, 2.24) is 4.98 Å². The van der Waals surface area contributed by atoms with Crippen LogP contribution in [0.3, 0.4) is 0 Å². The fraction of sp³-hybridized carbons (Fsp3) is 0.167. The van der Waals surface area contributed by atoms with Crippen molar-refractivity contribution in [3.63, 3.8) is 0 Å². The van der Waals surface area contributed by atoms with Gasteiger partial charge in [0.15, 0.2) is 0 Å². The second-order valence-corrected chi connectivity index (χ2v) is 2.86. The summed E-state index contributed by atoms with van der Waals surface area (Å²) in [4.78, 5) is 4.03. The Morgan fingerprint density at radius 3 is 2.90 bits per heavy atom. The number of pyridine rings is 1. The van der Waals surface area contributed by atoms with Crippen molar-refractivity contribution in [2.75, 3.05) is 7.11 Å². The van der Waals surface area contributed by atoms with Crippen LogP contribution in [0.15, 0.2) is 16.7 Å². The largest absolute Gasteiger partial charge is 0.480 e. The molecular formula is C6H7BBrNO. The lowest BCUT2D eigenvalue weighted by molar-refractivity contribution is 0.395. The molecule has 0 fully saturated rings. The van der Waals surface area contributed by atoms with Gasteiger partial charge in [-0.2, -0.15) is 0 Å². The number of hydrogen-bond acceptors (Lipinski definition) is 2. The first kappa shape index (κ1) is 7.60. The fourth-order valence-electron chi connectivity index (χ4n) is 0.671. The Labute approximate surface area is 69.1 Å². The standard InChI is InChI=1S/C6H7BBrNO/c1-10-6-5(8)2-4(7)3-9-6/h2-3H,7H2,1H3. The van der Waals surface area contributed by atoms with Gasteiger partial charge in [0.05, 0.1) is 11.6 Å². The van der Waals surface area contributed by atoms with Crippen molar-refractivity contribution in [2.24, 2.45) is 0 Å². The molecule has 10 heavy (non-hydrogen) atoms. The van der Waals surface area contributed by atoms with Gasteiger partial charge in [-0.15, -0.1) is 0 Å². The van der Waals surface area contributed by atoms with Crippen LogP contribution in [0.2, 0.25) is 0 Å². The third-order valence-electron chi connectivity index (χ3n) is 1.14. The molecule has 0 bridgehead atoms. The van der Waals surface area contributed by atoms with E-state index in [1.807, 2.05) is 13.9 Å². The number of methoxy groups -OCH3 is 1. The smallest absolute Gasteiger partial charge is 0.227 e. The van der Waals surface area contributed by atoms with Crippen LogP contribution >= 0.6 is 15.9 Å². The summed E-state index contributed by atoms with van der Waals surface area (Å²) in [5.74, 6) is 0.630. The van der Waals surface area contributed by atoms with E-state index in [1.54, 1.807) is 13.3 Å². The highest BCUT2D eigenvalue weighted by molar-refractivity contribution is 9.10. The molecule has 4 heteroatoms. The van der Waals surface area contributed by atoms with Gasteiger partial charge in [-0.05, 0) is 22.0 Å². The minimum Gasteiger partial charge on any atom is -0.480 e. The van der Waals surface area contributed by atoms with Crippen molar-refractivity contribution in [3.8, 4) is 5.88 Å². The Bertz CT molecular complexity index is 241. The highest BCUT2D eigenvalue weighted by Crippen LogP contribution is 2.18. The summed E-state index contributed by atoms with van der Waals surface area (Å²) in [5, 5.41) is 0. The summed E-state index contributed by atoms with van der Waals surface area (Å²) >= 11 is 3.32. The Hall–Kier alpha value is -0.505. The van der Waals surface area contributed by atoms with Gasteiger partial charge in [-0.25, -0.2) is 4.98 Å². The fourth-order valence-corrected chi connectivity index (χ4v) is 1.30. The summed E-state index contributed by atoms with van der Waals surface area (Å²) in [6.45, 7) is 0. The van der Waals surface area contributed by atoms with Gasteiger partial charge in [-0.3, -0.25) is 0 Å². The predicted molar refractivity (Wildman–Crippen MR) is 46.7 cm³/mol. The molecule has 0 aliphatic carbocycles. The zero-order valence-corrected chi connectivity index (χ0v) is 7.47. The minimum atomic E-state index is 0.630. The highest BCUT2D eigenvalue weighted by Gasteiger charge is 1.98. The molecule has 0 N–H and O–H groups in total. The molecule has 0 aliphatic rings. The molecule has 0 aliphatic heterocycles. The third-order valence-corrected chi connectivity index (χ3v) is 1.71. The average molecular weight is 200 g/mol. The first-order valence-corrected chi connectivity index (χ1v) is 3.69. The van der Waals surface area contributed by atoms with E-state index in [0.29, 0.717) is 5.88 Å². The first-order valence-electron chi connectivity index (χ1n) is 2.90. The van der Waals surface area contributed by atoms with Gasteiger partial charge in [0.1, 0.15) is 7.85 Å². The second kappa shape index (κ2) is 3.06. The lowest BCUT2D eigenvalue weighted by Crippen LogP contribution is -2.03. The summed E-state index contributed by atoms with van der Waals surface area (Å²) in [6.07, 6.45) is 1.77. The Morgan fingerprint density at radius 1 is 1.70 bits per heavy atom. The van der Waals surface area contributed by atoms with Crippen molar-refractivity contribution < 1.29 is 4.74 Å². The Morgan fingerprint density at radius 2 is 2.40 bits per heavy atom. The molecule has 1 aromatic heterocycles. The van der Waals surface area contributed by atoms with Gasteiger partial charge < -0.3 is 4.74 Å². The van der Waals surface area contributed by atoms with Gasteiger partial charge in [0.25, 0.3) is 0 Å². The number of ether oxygens (including phenoxy) is 1. The van der Waals surface area contributed by atoms with E-state index in [9.17, 15) is 0 Å². The minimum absolute atomic E-state index is 0.630. The molecule has 1 rings (SSSR count). The summed E-state index contributed by atoms with van der Waals surface area (Å²) in [6, 6.07) is 1.96. The molecule has 2 nitrogen and oxygen atoms in total. The molecule has 0 unspecified atom stereocenters. The maximum Gasteiger partial charge on any atom is 0.227 e. The topological polar surface area (TPSA) is 22.1 Å². The van der Waals surface area contributed by atoms with Crippen molar-refractivity contribution in [3.05, 3.63) is 16.7 Å². The zero-order chi connectivity index (χ0) is 7.56. The van der Waals surface area contributed by atoms with E-state index in [2.05, 4.69) is 20.9 Å². The molecule has 0 atom stereocenters. The number of halogens is 1. The quantitative estimate of drug-likeness (QED) is 0.600. The molecule has 1 heterocycles. The Kier molecular flexibility index (Phi) is 2.32. The van der Waals surface area contributed by atoms with Crippen LogP contribution in [0, 0.1) is 0 Å². The lowest BCUT2D eigenvalue weighted by atomic mass is 9.99. The maximum absolute atomic E-state index is 4.94. The number of rotatable bonds is 1. The summed E-state index contributed by atoms with van der Waals surface area (Å²) in [7, 11) is 3.58. The van der Waals surface area contributed by atoms with E-state index in [4.69, 9.17) is 4.74 Å². The zero-order valence-electron chi connectivity index (χ0n) is 5.89. The van der Waals surface area contributed by atoms with Crippen LogP contribution in [-0.2, 0) is 0 Å².